The second kappa shape index (κ2) is 7.38. The minimum Gasteiger partial charge on any atom is -0.378 e. The number of amides is 1. The van der Waals surface area contributed by atoms with E-state index in [1.807, 2.05) is 43.3 Å². The molecule has 10 nitrogen and oxygen atoms in total. The highest BCUT2D eigenvalue weighted by Gasteiger charge is 2.20. The standard InChI is InChI=1S/C16H16N8O2/c1-10(8-12-6-4-3-5-7-12)9-18-20-16(25)13-11(2)24(23-19-13)15-14(17)21-26-22-15/h3-9H,1-2H3,(H2,17,21)(H,20,25)/b10-8+,18-9-. The summed E-state index contributed by atoms with van der Waals surface area (Å²) in [5.74, 6) is -0.295. The lowest BCUT2D eigenvalue weighted by Crippen LogP contribution is -2.19. The van der Waals surface area contributed by atoms with E-state index in [9.17, 15) is 4.79 Å². The van der Waals surface area contributed by atoms with Crippen LogP contribution in [0.1, 0.15) is 28.7 Å². The van der Waals surface area contributed by atoms with E-state index in [1.54, 1.807) is 13.1 Å². The topological polar surface area (TPSA) is 137 Å². The number of hydrogen-bond donors (Lipinski definition) is 2. The molecule has 0 bridgehead atoms. The average molecular weight is 352 g/mol. The Morgan fingerprint density at radius 1 is 1.31 bits per heavy atom. The lowest BCUT2D eigenvalue weighted by Gasteiger charge is -1.99. The Kier molecular flexibility index (Phi) is 4.83. The van der Waals surface area contributed by atoms with Crippen LogP contribution < -0.4 is 11.2 Å². The van der Waals surface area contributed by atoms with Gasteiger partial charge in [0, 0.05) is 0 Å². The zero-order valence-electron chi connectivity index (χ0n) is 14.1. The first-order valence-electron chi connectivity index (χ1n) is 7.63. The Balaban J connectivity index is 1.68. The molecule has 0 fully saturated rings. The molecule has 2 heterocycles. The van der Waals surface area contributed by atoms with Crippen LogP contribution in [0, 0.1) is 6.92 Å². The fraction of sp³-hybridized carbons (Fsp3) is 0.125. The summed E-state index contributed by atoms with van der Waals surface area (Å²) in [6.07, 6.45) is 3.49. The third-order valence-corrected chi connectivity index (χ3v) is 3.43. The number of rotatable bonds is 5. The number of hydrogen-bond acceptors (Lipinski definition) is 8. The first kappa shape index (κ1) is 17.0. The van der Waals surface area contributed by atoms with Gasteiger partial charge in [-0.1, -0.05) is 41.6 Å². The zero-order chi connectivity index (χ0) is 18.5. The van der Waals surface area contributed by atoms with Crippen molar-refractivity contribution in [3.05, 3.63) is 52.9 Å². The largest absolute Gasteiger partial charge is 0.378 e. The summed E-state index contributed by atoms with van der Waals surface area (Å²) in [6.45, 7) is 3.53. The Morgan fingerprint density at radius 2 is 2.08 bits per heavy atom. The molecule has 0 aliphatic carbocycles. The number of nitrogens with one attached hydrogen (secondary N) is 1. The minimum atomic E-state index is -0.507. The van der Waals surface area contributed by atoms with Gasteiger partial charge in [0.2, 0.25) is 11.6 Å². The Bertz CT molecular complexity index is 971. The highest BCUT2D eigenvalue weighted by atomic mass is 16.6. The van der Waals surface area contributed by atoms with E-state index in [0.717, 1.165) is 11.1 Å². The summed E-state index contributed by atoms with van der Waals surface area (Å²) in [6, 6.07) is 9.78. The van der Waals surface area contributed by atoms with Crippen molar-refractivity contribution in [2.45, 2.75) is 13.8 Å². The van der Waals surface area contributed by atoms with Crippen LogP contribution >= 0.6 is 0 Å². The van der Waals surface area contributed by atoms with Gasteiger partial charge in [-0.3, -0.25) is 4.79 Å². The van der Waals surface area contributed by atoms with Crippen molar-refractivity contribution < 1.29 is 9.42 Å². The average Bonchev–Trinajstić information content (AvgIpc) is 3.21. The Labute approximate surface area is 148 Å². The summed E-state index contributed by atoms with van der Waals surface area (Å²) in [5.41, 5.74) is 10.5. The first-order chi connectivity index (χ1) is 12.6. The van der Waals surface area contributed by atoms with Gasteiger partial charge in [0.25, 0.3) is 5.91 Å². The lowest BCUT2D eigenvalue weighted by atomic mass is 10.1. The Morgan fingerprint density at radius 3 is 2.77 bits per heavy atom. The second-order valence-corrected chi connectivity index (χ2v) is 5.41. The number of benzene rings is 1. The SMILES string of the molecule is CC(/C=N\NC(=O)c1nnn(-c2nonc2N)c1C)=C\c1ccccc1. The molecule has 0 aliphatic rings. The summed E-state index contributed by atoms with van der Waals surface area (Å²) < 4.78 is 5.79. The molecular formula is C16H16N8O2. The number of carbonyl (C=O) groups excluding carboxylic acids is 1. The first-order valence-corrected chi connectivity index (χ1v) is 7.63. The van der Waals surface area contributed by atoms with Crippen LogP contribution in [0.15, 0.2) is 45.6 Å². The van der Waals surface area contributed by atoms with E-state index in [1.165, 1.54) is 4.68 Å². The van der Waals surface area contributed by atoms with E-state index in [0.29, 0.717) is 5.69 Å². The van der Waals surface area contributed by atoms with Crippen molar-refractivity contribution in [3.63, 3.8) is 0 Å². The number of aromatic nitrogens is 5. The molecule has 1 aromatic carbocycles. The van der Waals surface area contributed by atoms with Crippen molar-refractivity contribution >= 4 is 24.0 Å². The van der Waals surface area contributed by atoms with Crippen molar-refractivity contribution in [2.24, 2.45) is 5.10 Å². The third-order valence-electron chi connectivity index (χ3n) is 3.43. The van der Waals surface area contributed by atoms with E-state index in [-0.39, 0.29) is 17.3 Å². The normalized spacial score (nSPS) is 11.8. The molecule has 3 rings (SSSR count). The summed E-state index contributed by atoms with van der Waals surface area (Å²) in [5, 5.41) is 18.7. The number of anilines is 1. The fourth-order valence-corrected chi connectivity index (χ4v) is 2.17. The van der Waals surface area contributed by atoms with Gasteiger partial charge in [-0.2, -0.15) is 9.78 Å². The summed E-state index contributed by atoms with van der Waals surface area (Å²) in [4.78, 5) is 12.2. The summed E-state index contributed by atoms with van der Waals surface area (Å²) >= 11 is 0. The molecule has 0 saturated heterocycles. The van der Waals surface area contributed by atoms with Gasteiger partial charge in [-0.25, -0.2) is 10.1 Å². The van der Waals surface area contributed by atoms with E-state index in [4.69, 9.17) is 5.73 Å². The number of nitrogens with two attached hydrogens (primary N) is 1. The fourth-order valence-electron chi connectivity index (χ4n) is 2.17. The van der Waals surface area contributed by atoms with Crippen LogP contribution in [0.5, 0.6) is 0 Å². The van der Waals surface area contributed by atoms with E-state index >= 15 is 0 Å². The number of hydrazone groups is 1. The molecule has 132 valence electrons. The van der Waals surface area contributed by atoms with Crippen molar-refractivity contribution in [2.75, 3.05) is 5.73 Å². The lowest BCUT2D eigenvalue weighted by molar-refractivity contribution is 0.0949. The molecule has 0 unspecified atom stereocenters. The molecule has 0 saturated carbocycles. The third kappa shape index (κ3) is 3.64. The van der Waals surface area contributed by atoms with Gasteiger partial charge in [0.05, 0.1) is 11.9 Å². The number of nitrogen functional groups attached to an aromatic ring is 1. The summed E-state index contributed by atoms with van der Waals surface area (Å²) in [7, 11) is 0. The smallest absolute Gasteiger partial charge is 0.293 e. The minimum absolute atomic E-state index is 0.0460. The van der Waals surface area contributed by atoms with Crippen LogP contribution in [0.3, 0.4) is 0 Å². The molecule has 0 atom stereocenters. The molecule has 0 radical (unpaired) electrons. The number of carbonyl (C=O) groups is 1. The predicted molar refractivity (Wildman–Crippen MR) is 94.4 cm³/mol. The molecule has 0 aliphatic heterocycles. The Hall–Kier alpha value is -3.82. The van der Waals surface area contributed by atoms with Crippen LogP contribution in [0.4, 0.5) is 5.82 Å². The van der Waals surface area contributed by atoms with Gasteiger partial charge in [0.1, 0.15) is 0 Å². The highest BCUT2D eigenvalue weighted by molar-refractivity contribution is 5.94. The van der Waals surface area contributed by atoms with Crippen molar-refractivity contribution in [1.82, 2.24) is 30.7 Å². The van der Waals surface area contributed by atoms with Gasteiger partial charge in [-0.15, -0.1) is 5.10 Å². The maximum absolute atomic E-state index is 12.2. The van der Waals surface area contributed by atoms with Crippen LogP contribution in [-0.4, -0.2) is 37.4 Å². The molecule has 1 amide bonds. The maximum atomic E-state index is 12.2. The van der Waals surface area contributed by atoms with Crippen LogP contribution in [0.25, 0.3) is 11.9 Å². The van der Waals surface area contributed by atoms with Crippen LogP contribution in [0.2, 0.25) is 0 Å². The molecule has 10 heteroatoms. The van der Waals surface area contributed by atoms with Gasteiger partial charge in [-0.05, 0) is 35.3 Å². The molecular weight excluding hydrogens is 336 g/mol. The predicted octanol–water partition coefficient (Wildman–Crippen LogP) is 1.36. The van der Waals surface area contributed by atoms with E-state index in [2.05, 4.69) is 35.8 Å². The molecule has 3 N–H and O–H groups in total. The van der Waals surface area contributed by atoms with Gasteiger partial charge < -0.3 is 5.73 Å². The maximum Gasteiger partial charge on any atom is 0.293 e. The monoisotopic (exact) mass is 352 g/mol. The zero-order valence-corrected chi connectivity index (χ0v) is 14.1. The number of nitrogens with zero attached hydrogens (tertiary/aromatic N) is 6. The molecule has 0 spiro atoms. The second-order valence-electron chi connectivity index (χ2n) is 5.41. The quantitative estimate of drug-likeness (QED) is 0.522. The van der Waals surface area contributed by atoms with Crippen LogP contribution in [-0.2, 0) is 0 Å². The van der Waals surface area contributed by atoms with Crippen molar-refractivity contribution in [1.29, 1.82) is 0 Å². The molecule has 3 aromatic rings. The van der Waals surface area contributed by atoms with Gasteiger partial charge in [0.15, 0.2) is 5.69 Å². The molecule has 26 heavy (non-hydrogen) atoms. The number of allylic oxidation sites excluding steroid dienone is 1. The van der Waals surface area contributed by atoms with Gasteiger partial charge >= 0.3 is 0 Å². The van der Waals surface area contributed by atoms with E-state index < -0.39 is 5.91 Å². The highest BCUT2D eigenvalue weighted by Crippen LogP contribution is 2.14. The van der Waals surface area contributed by atoms with Crippen molar-refractivity contribution in [3.8, 4) is 5.82 Å². The molecule has 2 aromatic heterocycles.